The average molecular weight is 466 g/mol. The van der Waals surface area contributed by atoms with Gasteiger partial charge in [0.15, 0.2) is 0 Å². The van der Waals surface area contributed by atoms with Gasteiger partial charge in [-0.2, -0.15) is 0 Å². The lowest BCUT2D eigenvalue weighted by Crippen LogP contribution is -2.20. The molecule has 6 heteroatoms. The van der Waals surface area contributed by atoms with Gasteiger partial charge in [-0.1, -0.05) is 30.7 Å². The number of phenolic OH excluding ortho intramolecular Hbond substituents is 1. The van der Waals surface area contributed by atoms with Gasteiger partial charge in [-0.3, -0.25) is 4.79 Å². The highest BCUT2D eigenvalue weighted by molar-refractivity contribution is 7.21. The van der Waals surface area contributed by atoms with Crippen LogP contribution in [0.1, 0.15) is 27.7 Å². The van der Waals surface area contributed by atoms with Gasteiger partial charge in [0.25, 0.3) is 0 Å². The first-order chi connectivity index (χ1) is 15.5. The molecule has 4 aromatic rings. The molecule has 0 saturated carbocycles. The Hall–Kier alpha value is -2.86. The molecule has 0 atom stereocenters. The predicted molar refractivity (Wildman–Crippen MR) is 133 cm³/mol. The summed E-state index contributed by atoms with van der Waals surface area (Å²) in [5, 5.41) is 14.7. The second kappa shape index (κ2) is 9.74. The van der Waals surface area contributed by atoms with Crippen molar-refractivity contribution in [3.63, 3.8) is 0 Å². The fourth-order valence-corrected chi connectivity index (χ4v) is 5.11. The van der Waals surface area contributed by atoms with E-state index in [0.717, 1.165) is 45.6 Å². The maximum atomic E-state index is 13.6. The van der Waals surface area contributed by atoms with Crippen molar-refractivity contribution in [1.82, 2.24) is 5.32 Å². The minimum Gasteiger partial charge on any atom is -0.508 e. The average Bonchev–Trinajstić information content (AvgIpc) is 3.15. The Morgan fingerprint density at radius 3 is 2.59 bits per heavy atom. The van der Waals surface area contributed by atoms with E-state index in [2.05, 4.69) is 12.2 Å². The first-order valence-corrected chi connectivity index (χ1v) is 11.7. The maximum Gasteiger partial charge on any atom is 0.203 e. The Balaban J connectivity index is 1.75. The van der Waals surface area contributed by atoms with Gasteiger partial charge in [0.05, 0.1) is 4.88 Å². The number of carbonyl (C=O) groups is 1. The third-order valence-electron chi connectivity index (χ3n) is 5.25. The van der Waals surface area contributed by atoms with Crippen LogP contribution >= 0.6 is 22.9 Å². The standard InChI is InChI=1S/C26H24ClNO3S/c1-3-28-12-13-31-20-8-4-17(5-9-20)24-22-11-7-19(29)15-23(22)32-26(24)25(30)21-10-6-18(27)14-16(21)2/h4-11,14-15,28-29H,3,12-13H2,1-2H3. The normalized spacial score (nSPS) is 11.1. The Kier molecular flexibility index (Phi) is 6.80. The van der Waals surface area contributed by atoms with Gasteiger partial charge in [0.1, 0.15) is 18.1 Å². The molecule has 0 aliphatic heterocycles. The van der Waals surface area contributed by atoms with Gasteiger partial charge in [0.2, 0.25) is 5.78 Å². The summed E-state index contributed by atoms with van der Waals surface area (Å²) in [6.45, 7) is 6.23. The number of thiophene rings is 1. The minimum absolute atomic E-state index is 0.0548. The molecule has 4 nitrogen and oxygen atoms in total. The van der Waals surface area contributed by atoms with Crippen LogP contribution in [0.3, 0.4) is 0 Å². The molecule has 4 rings (SSSR count). The smallest absolute Gasteiger partial charge is 0.203 e. The van der Waals surface area contributed by atoms with Crippen molar-refractivity contribution in [1.29, 1.82) is 0 Å². The molecule has 1 heterocycles. The van der Waals surface area contributed by atoms with Crippen molar-refractivity contribution in [2.45, 2.75) is 13.8 Å². The summed E-state index contributed by atoms with van der Waals surface area (Å²) in [6, 6.07) is 18.3. The Labute approximate surface area is 196 Å². The number of hydrogen-bond donors (Lipinski definition) is 2. The van der Waals surface area contributed by atoms with E-state index in [0.29, 0.717) is 22.1 Å². The third-order valence-corrected chi connectivity index (χ3v) is 6.64. The molecule has 164 valence electrons. The van der Waals surface area contributed by atoms with E-state index in [4.69, 9.17) is 16.3 Å². The topological polar surface area (TPSA) is 58.6 Å². The molecule has 3 aromatic carbocycles. The number of nitrogens with one attached hydrogen (secondary N) is 1. The van der Waals surface area contributed by atoms with Crippen molar-refractivity contribution < 1.29 is 14.6 Å². The first-order valence-electron chi connectivity index (χ1n) is 10.5. The maximum absolute atomic E-state index is 13.6. The largest absolute Gasteiger partial charge is 0.508 e. The molecule has 0 amide bonds. The molecule has 32 heavy (non-hydrogen) atoms. The fourth-order valence-electron chi connectivity index (χ4n) is 3.67. The number of rotatable bonds is 8. The van der Waals surface area contributed by atoms with Crippen molar-refractivity contribution in [2.75, 3.05) is 19.7 Å². The van der Waals surface area contributed by atoms with E-state index >= 15 is 0 Å². The number of fused-ring (bicyclic) bond motifs is 1. The molecular weight excluding hydrogens is 442 g/mol. The molecule has 0 saturated heterocycles. The van der Waals surface area contributed by atoms with Crippen molar-refractivity contribution in [2.24, 2.45) is 0 Å². The molecule has 0 bridgehead atoms. The van der Waals surface area contributed by atoms with Crippen molar-refractivity contribution in [3.05, 3.63) is 81.7 Å². The summed E-state index contributed by atoms with van der Waals surface area (Å²) in [5.74, 6) is 0.905. The Bertz CT molecular complexity index is 1260. The highest BCUT2D eigenvalue weighted by Crippen LogP contribution is 2.42. The lowest BCUT2D eigenvalue weighted by molar-refractivity contribution is 0.104. The molecule has 0 fully saturated rings. The minimum atomic E-state index is -0.0548. The predicted octanol–water partition coefficient (Wildman–Crippen LogP) is 6.46. The van der Waals surface area contributed by atoms with E-state index in [1.807, 2.05) is 37.3 Å². The molecular formula is C26H24ClNO3S. The van der Waals surface area contributed by atoms with Crippen LogP contribution in [0.4, 0.5) is 0 Å². The van der Waals surface area contributed by atoms with Crippen LogP contribution in [-0.2, 0) is 0 Å². The molecule has 2 N–H and O–H groups in total. The number of halogens is 1. The second-order valence-corrected chi connectivity index (χ2v) is 8.99. The monoisotopic (exact) mass is 465 g/mol. The zero-order valence-corrected chi connectivity index (χ0v) is 19.5. The summed E-state index contributed by atoms with van der Waals surface area (Å²) in [6.07, 6.45) is 0. The summed E-state index contributed by atoms with van der Waals surface area (Å²) in [7, 11) is 0. The highest BCUT2D eigenvalue weighted by Gasteiger charge is 2.22. The van der Waals surface area contributed by atoms with Crippen LogP contribution in [0.15, 0.2) is 60.7 Å². The van der Waals surface area contributed by atoms with Gasteiger partial charge < -0.3 is 15.2 Å². The molecule has 0 aliphatic carbocycles. The van der Waals surface area contributed by atoms with Gasteiger partial charge in [-0.05, 0) is 73.1 Å². The van der Waals surface area contributed by atoms with E-state index in [9.17, 15) is 9.90 Å². The van der Waals surface area contributed by atoms with Crippen LogP contribution in [0.5, 0.6) is 11.5 Å². The van der Waals surface area contributed by atoms with Crippen LogP contribution in [0.2, 0.25) is 5.02 Å². The molecule has 0 spiro atoms. The van der Waals surface area contributed by atoms with Gasteiger partial charge in [-0.15, -0.1) is 11.3 Å². The zero-order chi connectivity index (χ0) is 22.7. The van der Waals surface area contributed by atoms with E-state index in [1.54, 1.807) is 30.3 Å². The summed E-state index contributed by atoms with van der Waals surface area (Å²) >= 11 is 7.48. The number of carbonyl (C=O) groups excluding carboxylic acids is 1. The number of phenols is 1. The van der Waals surface area contributed by atoms with Gasteiger partial charge >= 0.3 is 0 Å². The molecule has 1 aromatic heterocycles. The van der Waals surface area contributed by atoms with E-state index in [-0.39, 0.29) is 11.5 Å². The number of hydrogen-bond acceptors (Lipinski definition) is 5. The number of aryl methyl sites for hydroxylation is 1. The fraction of sp³-hybridized carbons (Fsp3) is 0.192. The molecule has 0 unspecified atom stereocenters. The van der Waals surface area contributed by atoms with Crippen LogP contribution in [-0.4, -0.2) is 30.6 Å². The van der Waals surface area contributed by atoms with E-state index in [1.165, 1.54) is 11.3 Å². The molecule has 0 aliphatic rings. The second-order valence-electron chi connectivity index (χ2n) is 7.50. The zero-order valence-electron chi connectivity index (χ0n) is 17.9. The SMILES string of the molecule is CCNCCOc1ccc(-c2c(C(=O)c3ccc(Cl)cc3C)sc3cc(O)ccc23)cc1. The molecule has 0 radical (unpaired) electrons. The lowest BCUT2D eigenvalue weighted by atomic mass is 9.96. The number of benzene rings is 3. The van der Waals surface area contributed by atoms with E-state index < -0.39 is 0 Å². The summed E-state index contributed by atoms with van der Waals surface area (Å²) < 4.78 is 6.65. The van der Waals surface area contributed by atoms with Gasteiger partial charge in [0, 0.05) is 32.8 Å². The number of ether oxygens (including phenoxy) is 1. The number of ketones is 1. The quantitative estimate of drug-likeness (QED) is 0.232. The first kappa shape index (κ1) is 22.3. The third kappa shape index (κ3) is 4.65. The van der Waals surface area contributed by atoms with Gasteiger partial charge in [-0.25, -0.2) is 0 Å². The Morgan fingerprint density at radius 1 is 1.09 bits per heavy atom. The van der Waals surface area contributed by atoms with Crippen LogP contribution < -0.4 is 10.1 Å². The highest BCUT2D eigenvalue weighted by atomic mass is 35.5. The summed E-state index contributed by atoms with van der Waals surface area (Å²) in [4.78, 5) is 14.2. The number of likely N-dealkylation sites (N-methyl/N-ethyl adjacent to an activating group) is 1. The number of aromatic hydroxyl groups is 1. The Morgan fingerprint density at radius 2 is 1.88 bits per heavy atom. The lowest BCUT2D eigenvalue weighted by Gasteiger charge is -2.10. The van der Waals surface area contributed by atoms with Crippen molar-refractivity contribution in [3.8, 4) is 22.6 Å². The summed E-state index contributed by atoms with van der Waals surface area (Å²) in [5.41, 5.74) is 3.24. The van der Waals surface area contributed by atoms with Crippen LogP contribution in [0, 0.1) is 6.92 Å². The van der Waals surface area contributed by atoms with Crippen molar-refractivity contribution >= 4 is 38.8 Å². The van der Waals surface area contributed by atoms with Crippen LogP contribution in [0.25, 0.3) is 21.2 Å².